The Morgan fingerprint density at radius 3 is 2.94 bits per heavy atom. The first-order valence-corrected chi connectivity index (χ1v) is 6.56. The molecule has 4 heteroatoms. The highest BCUT2D eigenvalue weighted by atomic mass is 35.5. The third-order valence-electron chi connectivity index (χ3n) is 3.36. The Bertz CT molecular complexity index is 352. The van der Waals surface area contributed by atoms with Gasteiger partial charge in [0.1, 0.15) is 5.15 Å². The van der Waals surface area contributed by atoms with Crippen LogP contribution in [0.4, 0.5) is 0 Å². The van der Waals surface area contributed by atoms with E-state index in [0.717, 1.165) is 19.6 Å². The van der Waals surface area contributed by atoms with Crippen molar-refractivity contribution in [3.05, 3.63) is 29.0 Å². The molecule has 0 aliphatic carbocycles. The molecule has 1 saturated heterocycles. The second kappa shape index (κ2) is 5.80. The predicted octanol–water partition coefficient (Wildman–Crippen LogP) is 2.26. The highest BCUT2D eigenvalue weighted by Gasteiger charge is 2.19. The minimum absolute atomic E-state index is 0.567. The molecule has 1 unspecified atom stereocenters. The number of likely N-dealkylation sites (N-methyl/N-ethyl adjacent to an activating group) is 1. The zero-order valence-corrected chi connectivity index (χ0v) is 11.3. The lowest BCUT2D eigenvalue weighted by Crippen LogP contribution is -2.37. The second-order valence-electron chi connectivity index (χ2n) is 4.92. The summed E-state index contributed by atoms with van der Waals surface area (Å²) in [5.41, 5.74) is 1.24. The van der Waals surface area contributed by atoms with E-state index in [1.165, 1.54) is 18.5 Å². The van der Waals surface area contributed by atoms with E-state index in [1.54, 1.807) is 0 Å². The molecule has 17 heavy (non-hydrogen) atoms. The molecule has 0 amide bonds. The number of rotatable bonds is 2. The molecule has 0 saturated carbocycles. The second-order valence-corrected chi connectivity index (χ2v) is 5.31. The van der Waals surface area contributed by atoms with Gasteiger partial charge in [0.25, 0.3) is 0 Å². The Morgan fingerprint density at radius 2 is 2.24 bits per heavy atom. The normalized spacial score (nSPS) is 23.6. The summed E-state index contributed by atoms with van der Waals surface area (Å²) in [6, 6.07) is 4.53. The van der Waals surface area contributed by atoms with Crippen LogP contribution in [0.15, 0.2) is 18.3 Å². The summed E-state index contributed by atoms with van der Waals surface area (Å²) in [5, 5.41) is 0.567. The van der Waals surface area contributed by atoms with Gasteiger partial charge in [0.05, 0.1) is 0 Å². The summed E-state index contributed by atoms with van der Waals surface area (Å²) in [6.07, 6.45) is 3.12. The molecule has 1 aromatic heterocycles. The molecular weight excluding hydrogens is 234 g/mol. The van der Waals surface area contributed by atoms with Crippen LogP contribution in [0.3, 0.4) is 0 Å². The fraction of sp³-hybridized carbons (Fsp3) is 0.615. The van der Waals surface area contributed by atoms with Crippen LogP contribution < -0.4 is 0 Å². The van der Waals surface area contributed by atoms with Crippen molar-refractivity contribution >= 4 is 11.6 Å². The van der Waals surface area contributed by atoms with E-state index in [4.69, 9.17) is 11.6 Å². The van der Waals surface area contributed by atoms with Crippen molar-refractivity contribution in [3.63, 3.8) is 0 Å². The molecule has 3 nitrogen and oxygen atoms in total. The van der Waals surface area contributed by atoms with Gasteiger partial charge in [0.15, 0.2) is 0 Å². The van der Waals surface area contributed by atoms with Crippen molar-refractivity contribution in [1.29, 1.82) is 0 Å². The summed E-state index contributed by atoms with van der Waals surface area (Å²) >= 11 is 5.80. The van der Waals surface area contributed by atoms with Crippen LogP contribution in [0.2, 0.25) is 5.15 Å². The number of pyridine rings is 1. The monoisotopic (exact) mass is 253 g/mol. The summed E-state index contributed by atoms with van der Waals surface area (Å²) in [7, 11) is 2.20. The highest BCUT2D eigenvalue weighted by molar-refractivity contribution is 6.29. The molecule has 0 N–H and O–H groups in total. The molecular formula is C13H20ClN3. The SMILES string of the molecule is CC1CN(C)CCCN1Cc1ccc(Cl)nc1. The zero-order chi connectivity index (χ0) is 12.3. The largest absolute Gasteiger partial charge is 0.305 e. The molecule has 0 spiro atoms. The lowest BCUT2D eigenvalue weighted by atomic mass is 10.2. The molecule has 2 rings (SSSR count). The minimum Gasteiger partial charge on any atom is -0.305 e. The average molecular weight is 254 g/mol. The molecule has 0 aromatic carbocycles. The Hall–Kier alpha value is -0.640. The van der Waals surface area contributed by atoms with Crippen LogP contribution in [0.1, 0.15) is 18.9 Å². The van der Waals surface area contributed by atoms with E-state index >= 15 is 0 Å². The number of nitrogens with zero attached hydrogens (tertiary/aromatic N) is 3. The van der Waals surface area contributed by atoms with Gasteiger partial charge in [-0.25, -0.2) is 4.98 Å². The average Bonchev–Trinajstić information content (AvgIpc) is 2.44. The van der Waals surface area contributed by atoms with Crippen LogP contribution >= 0.6 is 11.6 Å². The first kappa shape index (κ1) is 12.8. The van der Waals surface area contributed by atoms with Gasteiger partial charge in [-0.1, -0.05) is 17.7 Å². The van der Waals surface area contributed by atoms with E-state index in [-0.39, 0.29) is 0 Å². The van der Waals surface area contributed by atoms with Crippen LogP contribution in [-0.4, -0.2) is 47.5 Å². The maximum Gasteiger partial charge on any atom is 0.129 e. The van der Waals surface area contributed by atoms with E-state index in [1.807, 2.05) is 12.3 Å². The first-order chi connectivity index (χ1) is 8.15. The molecule has 1 atom stereocenters. The molecule has 0 radical (unpaired) electrons. The maximum absolute atomic E-state index is 5.80. The van der Waals surface area contributed by atoms with Gasteiger partial charge in [-0.2, -0.15) is 0 Å². The van der Waals surface area contributed by atoms with Gasteiger partial charge in [-0.3, -0.25) is 4.90 Å². The Labute approximate surface area is 108 Å². The lowest BCUT2D eigenvalue weighted by Gasteiger charge is -2.27. The number of hydrogen-bond acceptors (Lipinski definition) is 3. The molecule has 1 fully saturated rings. The van der Waals surface area contributed by atoms with E-state index < -0.39 is 0 Å². The van der Waals surface area contributed by atoms with Crippen molar-refractivity contribution in [2.75, 3.05) is 26.7 Å². The first-order valence-electron chi connectivity index (χ1n) is 6.18. The molecule has 1 aliphatic heterocycles. The molecule has 1 aromatic rings. The molecule has 94 valence electrons. The summed E-state index contributed by atoms with van der Waals surface area (Å²) in [5.74, 6) is 0. The Morgan fingerprint density at radius 1 is 1.41 bits per heavy atom. The van der Waals surface area contributed by atoms with Gasteiger partial charge in [0.2, 0.25) is 0 Å². The van der Waals surface area contributed by atoms with E-state index in [2.05, 4.69) is 34.8 Å². The quantitative estimate of drug-likeness (QED) is 0.754. The molecule has 1 aliphatic rings. The summed E-state index contributed by atoms with van der Waals surface area (Å²) < 4.78 is 0. The van der Waals surface area contributed by atoms with Crippen molar-refractivity contribution < 1.29 is 0 Å². The van der Waals surface area contributed by atoms with Crippen LogP contribution in [0.25, 0.3) is 0 Å². The van der Waals surface area contributed by atoms with Crippen molar-refractivity contribution in [2.45, 2.75) is 25.9 Å². The predicted molar refractivity (Wildman–Crippen MR) is 71.2 cm³/mol. The third kappa shape index (κ3) is 3.66. The van der Waals surface area contributed by atoms with Crippen LogP contribution in [0.5, 0.6) is 0 Å². The zero-order valence-electron chi connectivity index (χ0n) is 10.6. The van der Waals surface area contributed by atoms with Gasteiger partial charge < -0.3 is 4.90 Å². The Balaban J connectivity index is 1.99. The minimum atomic E-state index is 0.567. The fourth-order valence-electron chi connectivity index (χ4n) is 2.39. The summed E-state index contributed by atoms with van der Waals surface area (Å²) in [6.45, 7) is 6.76. The van der Waals surface area contributed by atoms with Crippen LogP contribution in [-0.2, 0) is 6.54 Å². The fourth-order valence-corrected chi connectivity index (χ4v) is 2.50. The number of halogens is 1. The van der Waals surface area contributed by atoms with Gasteiger partial charge in [-0.15, -0.1) is 0 Å². The standard InChI is InChI=1S/C13H20ClN3/c1-11-9-16(2)6-3-7-17(11)10-12-4-5-13(14)15-8-12/h4-5,8,11H,3,6-7,9-10H2,1-2H3. The molecule has 0 bridgehead atoms. The lowest BCUT2D eigenvalue weighted by molar-refractivity contribution is 0.194. The highest BCUT2D eigenvalue weighted by Crippen LogP contribution is 2.13. The number of hydrogen-bond donors (Lipinski definition) is 0. The third-order valence-corrected chi connectivity index (χ3v) is 3.58. The smallest absolute Gasteiger partial charge is 0.129 e. The Kier molecular flexibility index (Phi) is 4.37. The van der Waals surface area contributed by atoms with E-state index in [9.17, 15) is 0 Å². The van der Waals surface area contributed by atoms with Crippen molar-refractivity contribution in [1.82, 2.24) is 14.8 Å². The number of aromatic nitrogens is 1. The summed E-state index contributed by atoms with van der Waals surface area (Å²) in [4.78, 5) is 9.07. The van der Waals surface area contributed by atoms with Gasteiger partial charge in [-0.05, 0) is 38.6 Å². The van der Waals surface area contributed by atoms with Gasteiger partial charge >= 0.3 is 0 Å². The van der Waals surface area contributed by atoms with Crippen LogP contribution in [0, 0.1) is 0 Å². The van der Waals surface area contributed by atoms with Gasteiger partial charge in [0, 0.05) is 31.9 Å². The molecule has 2 heterocycles. The van der Waals surface area contributed by atoms with E-state index in [0.29, 0.717) is 11.2 Å². The topological polar surface area (TPSA) is 19.4 Å². The van der Waals surface area contributed by atoms with Crippen molar-refractivity contribution in [2.24, 2.45) is 0 Å². The maximum atomic E-state index is 5.80. The van der Waals surface area contributed by atoms with Crippen molar-refractivity contribution in [3.8, 4) is 0 Å².